The zero-order chi connectivity index (χ0) is 15.2. The Labute approximate surface area is 127 Å². The first-order valence-electron chi connectivity index (χ1n) is 6.51. The molecule has 0 saturated carbocycles. The van der Waals surface area contributed by atoms with E-state index in [0.29, 0.717) is 29.4 Å². The zero-order valence-corrected chi connectivity index (χ0v) is 12.4. The molecule has 0 fully saturated rings. The zero-order valence-electron chi connectivity index (χ0n) is 11.6. The van der Waals surface area contributed by atoms with Crippen LogP contribution in [0.4, 0.5) is 0 Å². The average molecular weight is 306 g/mol. The predicted molar refractivity (Wildman–Crippen MR) is 81.5 cm³/mol. The maximum atomic E-state index is 11.8. The summed E-state index contributed by atoms with van der Waals surface area (Å²) in [7, 11) is 1.80. The normalized spacial score (nSPS) is 10.2. The minimum atomic E-state index is -0.195. The second kappa shape index (κ2) is 6.95. The van der Waals surface area contributed by atoms with Crippen LogP contribution in [0.1, 0.15) is 20.8 Å². The highest BCUT2D eigenvalue weighted by Crippen LogP contribution is 2.09. The van der Waals surface area contributed by atoms with E-state index in [1.807, 2.05) is 0 Å². The summed E-state index contributed by atoms with van der Waals surface area (Å²) < 4.78 is 1.74. The molecule has 2 aromatic rings. The van der Waals surface area contributed by atoms with Crippen molar-refractivity contribution in [3.05, 3.63) is 58.9 Å². The summed E-state index contributed by atoms with van der Waals surface area (Å²) in [6.07, 6.45) is 1.80. The molecule has 0 spiro atoms. The first kappa shape index (κ1) is 15.1. The van der Waals surface area contributed by atoms with Gasteiger partial charge in [0.25, 0.3) is 11.8 Å². The smallest absolute Gasteiger partial charge is 0.267 e. The monoisotopic (exact) mass is 305 g/mol. The predicted octanol–water partition coefficient (Wildman–Crippen LogP) is 1.84. The molecule has 0 unspecified atom stereocenters. The Balaban J connectivity index is 1.75. The second-order valence-corrected chi connectivity index (χ2v) is 4.96. The minimum absolute atomic E-state index is 0.164. The van der Waals surface area contributed by atoms with Crippen molar-refractivity contribution in [3.63, 3.8) is 0 Å². The van der Waals surface area contributed by atoms with Gasteiger partial charge in [0.2, 0.25) is 0 Å². The third-order valence-electron chi connectivity index (χ3n) is 2.98. The molecule has 110 valence electrons. The average Bonchev–Trinajstić information content (AvgIpc) is 2.90. The van der Waals surface area contributed by atoms with Crippen LogP contribution in [0.2, 0.25) is 5.02 Å². The molecule has 6 heteroatoms. The lowest BCUT2D eigenvalue weighted by Gasteiger charge is -2.08. The first-order valence-corrected chi connectivity index (χ1v) is 6.89. The Kier molecular flexibility index (Phi) is 5.00. The highest BCUT2D eigenvalue weighted by atomic mass is 35.5. The number of benzene rings is 1. The highest BCUT2D eigenvalue weighted by Gasteiger charge is 2.08. The van der Waals surface area contributed by atoms with Crippen molar-refractivity contribution in [1.82, 2.24) is 15.2 Å². The molecule has 2 amide bonds. The van der Waals surface area contributed by atoms with Gasteiger partial charge in [-0.3, -0.25) is 9.59 Å². The molecule has 0 aliphatic heterocycles. The van der Waals surface area contributed by atoms with Gasteiger partial charge >= 0.3 is 0 Å². The van der Waals surface area contributed by atoms with Crippen LogP contribution in [0.3, 0.4) is 0 Å². The third kappa shape index (κ3) is 4.10. The van der Waals surface area contributed by atoms with Crippen LogP contribution in [0.15, 0.2) is 42.6 Å². The number of carbonyl (C=O) groups is 2. The van der Waals surface area contributed by atoms with Crippen LogP contribution in [-0.2, 0) is 7.05 Å². The molecule has 0 aliphatic carbocycles. The fraction of sp³-hybridized carbons (Fsp3) is 0.200. The summed E-state index contributed by atoms with van der Waals surface area (Å²) in [5.41, 5.74) is 1.12. The quantitative estimate of drug-likeness (QED) is 0.828. The molecular weight excluding hydrogens is 290 g/mol. The summed E-state index contributed by atoms with van der Waals surface area (Å²) in [6.45, 7) is 0.723. The van der Waals surface area contributed by atoms with Crippen LogP contribution in [0.5, 0.6) is 0 Å². The molecule has 0 radical (unpaired) electrons. The first-order chi connectivity index (χ1) is 10.1. The van der Waals surface area contributed by atoms with Gasteiger partial charge in [-0.2, -0.15) is 0 Å². The van der Waals surface area contributed by atoms with Crippen molar-refractivity contribution in [2.75, 3.05) is 13.1 Å². The standard InChI is InChI=1S/C15H16ClN3O2/c1-19-10-2-3-13(19)15(21)18-9-8-17-14(20)11-4-6-12(16)7-5-11/h2-7,10H,8-9H2,1H3,(H,17,20)(H,18,21). The Morgan fingerprint density at radius 1 is 1.05 bits per heavy atom. The van der Waals surface area contributed by atoms with E-state index in [1.54, 1.807) is 54.2 Å². The molecule has 2 N–H and O–H groups in total. The van der Waals surface area contributed by atoms with E-state index in [0.717, 1.165) is 0 Å². The number of rotatable bonds is 5. The van der Waals surface area contributed by atoms with Crippen LogP contribution < -0.4 is 10.6 Å². The summed E-state index contributed by atoms with van der Waals surface area (Å²) in [5, 5.41) is 6.06. The van der Waals surface area contributed by atoms with Crippen molar-refractivity contribution >= 4 is 23.4 Å². The van der Waals surface area contributed by atoms with Crippen molar-refractivity contribution in [2.24, 2.45) is 7.05 Å². The van der Waals surface area contributed by atoms with Gasteiger partial charge in [-0.25, -0.2) is 0 Å². The summed E-state index contributed by atoms with van der Waals surface area (Å²) in [6, 6.07) is 10.2. The lowest BCUT2D eigenvalue weighted by atomic mass is 10.2. The molecule has 0 atom stereocenters. The Hall–Kier alpha value is -2.27. The molecule has 1 aromatic heterocycles. The largest absolute Gasteiger partial charge is 0.350 e. The number of hydrogen-bond acceptors (Lipinski definition) is 2. The second-order valence-electron chi connectivity index (χ2n) is 4.52. The van der Waals surface area contributed by atoms with E-state index < -0.39 is 0 Å². The van der Waals surface area contributed by atoms with Crippen LogP contribution >= 0.6 is 11.6 Å². The molecule has 0 aliphatic rings. The van der Waals surface area contributed by atoms with Crippen molar-refractivity contribution in [2.45, 2.75) is 0 Å². The Bertz CT molecular complexity index is 635. The number of aryl methyl sites for hydroxylation is 1. The number of aromatic nitrogens is 1. The van der Waals surface area contributed by atoms with Gasteiger partial charge < -0.3 is 15.2 Å². The maximum Gasteiger partial charge on any atom is 0.267 e. The van der Waals surface area contributed by atoms with Gasteiger partial charge in [0.15, 0.2) is 0 Å². The fourth-order valence-electron chi connectivity index (χ4n) is 1.84. The number of halogens is 1. The number of carbonyl (C=O) groups excluding carboxylic acids is 2. The van der Waals surface area contributed by atoms with Crippen LogP contribution in [-0.4, -0.2) is 29.5 Å². The maximum absolute atomic E-state index is 11.8. The van der Waals surface area contributed by atoms with E-state index in [2.05, 4.69) is 10.6 Å². The van der Waals surface area contributed by atoms with Crippen LogP contribution in [0, 0.1) is 0 Å². The number of nitrogens with one attached hydrogen (secondary N) is 2. The van der Waals surface area contributed by atoms with Crippen molar-refractivity contribution in [1.29, 1.82) is 0 Å². The molecule has 0 bridgehead atoms. The molecule has 5 nitrogen and oxygen atoms in total. The number of nitrogens with zero attached hydrogens (tertiary/aromatic N) is 1. The lowest BCUT2D eigenvalue weighted by molar-refractivity contribution is 0.0923. The van der Waals surface area contributed by atoms with E-state index in [-0.39, 0.29) is 11.8 Å². The van der Waals surface area contributed by atoms with Gasteiger partial charge in [0.05, 0.1) is 0 Å². The molecule has 21 heavy (non-hydrogen) atoms. The summed E-state index contributed by atoms with van der Waals surface area (Å²) >= 11 is 5.76. The topological polar surface area (TPSA) is 63.1 Å². The lowest BCUT2D eigenvalue weighted by Crippen LogP contribution is -2.35. The van der Waals surface area contributed by atoms with Crippen LogP contribution in [0.25, 0.3) is 0 Å². The van der Waals surface area contributed by atoms with E-state index in [9.17, 15) is 9.59 Å². The van der Waals surface area contributed by atoms with E-state index in [4.69, 9.17) is 11.6 Å². The molecule has 2 rings (SSSR count). The van der Waals surface area contributed by atoms with Gasteiger partial charge in [-0.1, -0.05) is 11.6 Å². The van der Waals surface area contributed by atoms with Gasteiger partial charge in [-0.05, 0) is 36.4 Å². The summed E-state index contributed by atoms with van der Waals surface area (Å²) in [5.74, 6) is -0.358. The molecular formula is C15H16ClN3O2. The molecule has 1 aromatic carbocycles. The summed E-state index contributed by atoms with van der Waals surface area (Å²) in [4.78, 5) is 23.6. The highest BCUT2D eigenvalue weighted by molar-refractivity contribution is 6.30. The van der Waals surface area contributed by atoms with Crippen molar-refractivity contribution in [3.8, 4) is 0 Å². The van der Waals surface area contributed by atoms with Gasteiger partial charge in [-0.15, -0.1) is 0 Å². The molecule has 1 heterocycles. The van der Waals surface area contributed by atoms with E-state index >= 15 is 0 Å². The van der Waals surface area contributed by atoms with Crippen molar-refractivity contribution < 1.29 is 9.59 Å². The Morgan fingerprint density at radius 3 is 2.24 bits per heavy atom. The fourth-order valence-corrected chi connectivity index (χ4v) is 1.97. The van der Waals surface area contributed by atoms with Gasteiger partial charge in [0.1, 0.15) is 5.69 Å². The van der Waals surface area contributed by atoms with E-state index in [1.165, 1.54) is 0 Å². The SMILES string of the molecule is Cn1cccc1C(=O)NCCNC(=O)c1ccc(Cl)cc1. The number of hydrogen-bond donors (Lipinski definition) is 2. The van der Waals surface area contributed by atoms with Gasteiger partial charge in [0, 0.05) is 36.9 Å². The molecule has 0 saturated heterocycles. The minimum Gasteiger partial charge on any atom is -0.350 e. The Morgan fingerprint density at radius 2 is 1.67 bits per heavy atom. The number of amides is 2. The third-order valence-corrected chi connectivity index (χ3v) is 3.23.